The molecule has 0 bridgehead atoms. The summed E-state index contributed by atoms with van der Waals surface area (Å²) in [6.07, 6.45) is 7.00. The fraction of sp³-hybridized carbons (Fsp3) is 0.478. The van der Waals surface area contributed by atoms with Crippen LogP contribution in [0.1, 0.15) is 66.6 Å². The van der Waals surface area contributed by atoms with Crippen molar-refractivity contribution in [2.24, 2.45) is 0 Å². The number of aromatic nitrogens is 4. The third kappa shape index (κ3) is 4.55. The maximum Gasteiger partial charge on any atom is 0.257 e. The Bertz CT molecular complexity index is 1010. The van der Waals surface area contributed by atoms with Gasteiger partial charge in [-0.05, 0) is 51.6 Å². The Morgan fingerprint density at radius 1 is 1.29 bits per heavy atom. The van der Waals surface area contributed by atoms with Crippen molar-refractivity contribution in [2.75, 3.05) is 19.6 Å². The van der Waals surface area contributed by atoms with Crippen LogP contribution in [-0.4, -0.2) is 55.5 Å². The first kappa shape index (κ1) is 21.6. The van der Waals surface area contributed by atoms with Gasteiger partial charge in [0.15, 0.2) is 0 Å². The molecule has 0 aromatic carbocycles. The lowest BCUT2D eigenvalue weighted by molar-refractivity contribution is 0.0770. The van der Waals surface area contributed by atoms with Crippen LogP contribution in [0.5, 0.6) is 0 Å². The number of hydrogen-bond donors (Lipinski definition) is 1. The minimum atomic E-state index is 0.00790. The Labute approximate surface area is 187 Å². The molecule has 1 aliphatic heterocycles. The largest absolute Gasteiger partial charge is 0.339 e. The maximum atomic E-state index is 12.8. The topological polar surface area (TPSA) is 78.0 Å². The first-order chi connectivity index (χ1) is 15.1. The minimum absolute atomic E-state index is 0.00790. The van der Waals surface area contributed by atoms with Crippen LogP contribution in [0.2, 0.25) is 0 Å². The number of carbonyl (C=O) groups excluding carboxylic acids is 1. The second-order valence-corrected chi connectivity index (χ2v) is 8.88. The van der Waals surface area contributed by atoms with Crippen molar-refractivity contribution < 1.29 is 4.79 Å². The molecule has 1 atom stereocenters. The third-order valence-electron chi connectivity index (χ3n) is 6.05. The lowest BCUT2D eigenvalue weighted by Crippen LogP contribution is -2.35. The number of H-pyrrole nitrogens is 1. The van der Waals surface area contributed by atoms with Crippen LogP contribution in [-0.2, 0) is 6.54 Å². The van der Waals surface area contributed by atoms with Gasteiger partial charge in [0.05, 0.1) is 34.1 Å². The summed E-state index contributed by atoms with van der Waals surface area (Å²) in [6, 6.07) is 4.33. The van der Waals surface area contributed by atoms with Gasteiger partial charge in [0.25, 0.3) is 5.91 Å². The van der Waals surface area contributed by atoms with E-state index in [1.54, 1.807) is 17.5 Å². The highest BCUT2D eigenvalue weighted by atomic mass is 32.1. The summed E-state index contributed by atoms with van der Waals surface area (Å²) in [6.45, 7) is 9.08. The lowest BCUT2D eigenvalue weighted by atomic mass is 10.00. The average Bonchev–Trinajstić information content (AvgIpc) is 3.46. The summed E-state index contributed by atoms with van der Waals surface area (Å²) in [4.78, 5) is 27.7. The van der Waals surface area contributed by atoms with Gasteiger partial charge in [-0.15, -0.1) is 11.3 Å². The number of likely N-dealkylation sites (tertiary alicyclic amines) is 1. The number of rotatable bonds is 7. The van der Waals surface area contributed by atoms with Gasteiger partial charge >= 0.3 is 0 Å². The van der Waals surface area contributed by atoms with Crippen LogP contribution in [0.25, 0.3) is 10.6 Å². The number of aryl methyl sites for hydroxylation is 1. The molecule has 1 unspecified atom stereocenters. The maximum absolute atomic E-state index is 12.8. The predicted octanol–water partition coefficient (Wildman–Crippen LogP) is 4.45. The number of nitrogens with zero attached hydrogens (tertiary/aromatic N) is 5. The van der Waals surface area contributed by atoms with Crippen molar-refractivity contribution >= 4 is 17.2 Å². The smallest absolute Gasteiger partial charge is 0.257 e. The standard InChI is InChI=1S/C23H30N6OS/c1-4-28(5-2)23(30)18-14-24-22(26-16(18)3)19-9-6-7-11-29(19)15-17-13-25-27-21(17)20-10-8-12-31-20/h8,10,12-14,19H,4-7,9,11,15H2,1-3H3,(H,25,27). The van der Waals surface area contributed by atoms with Gasteiger partial charge in [0.1, 0.15) is 5.82 Å². The fourth-order valence-corrected chi connectivity index (χ4v) is 5.05. The predicted molar refractivity (Wildman–Crippen MR) is 123 cm³/mol. The molecule has 0 spiro atoms. The molecule has 31 heavy (non-hydrogen) atoms. The molecule has 1 fully saturated rings. The van der Waals surface area contributed by atoms with E-state index < -0.39 is 0 Å². The Morgan fingerprint density at radius 3 is 2.84 bits per heavy atom. The molecule has 3 aromatic heterocycles. The van der Waals surface area contributed by atoms with E-state index in [1.807, 2.05) is 31.9 Å². The number of hydrogen-bond acceptors (Lipinski definition) is 6. The number of carbonyl (C=O) groups is 1. The summed E-state index contributed by atoms with van der Waals surface area (Å²) in [5, 5.41) is 9.55. The zero-order chi connectivity index (χ0) is 21.8. The summed E-state index contributed by atoms with van der Waals surface area (Å²) in [7, 11) is 0. The summed E-state index contributed by atoms with van der Waals surface area (Å²) < 4.78 is 0. The van der Waals surface area contributed by atoms with Crippen molar-refractivity contribution in [3.63, 3.8) is 0 Å². The lowest BCUT2D eigenvalue weighted by Gasteiger charge is -2.34. The second kappa shape index (κ2) is 9.70. The van der Waals surface area contributed by atoms with Gasteiger partial charge in [-0.25, -0.2) is 9.97 Å². The van der Waals surface area contributed by atoms with E-state index >= 15 is 0 Å². The third-order valence-corrected chi connectivity index (χ3v) is 6.94. The summed E-state index contributed by atoms with van der Waals surface area (Å²) in [5.41, 5.74) is 3.65. The van der Waals surface area contributed by atoms with Crippen molar-refractivity contribution in [3.05, 3.63) is 52.6 Å². The van der Waals surface area contributed by atoms with Crippen molar-refractivity contribution in [2.45, 2.75) is 52.6 Å². The Morgan fingerprint density at radius 2 is 2.13 bits per heavy atom. The van der Waals surface area contributed by atoms with Gasteiger partial charge in [-0.2, -0.15) is 5.10 Å². The highest BCUT2D eigenvalue weighted by Gasteiger charge is 2.28. The number of aromatic amines is 1. The zero-order valence-electron chi connectivity index (χ0n) is 18.5. The van der Waals surface area contributed by atoms with Crippen LogP contribution in [0.4, 0.5) is 0 Å². The molecule has 4 rings (SSSR count). The SMILES string of the molecule is CCN(CC)C(=O)c1cnc(C2CCCCN2Cc2cn[nH]c2-c2cccs2)nc1C. The first-order valence-corrected chi connectivity index (χ1v) is 11.9. The molecule has 1 amide bonds. The molecular formula is C23H30N6OS. The molecular weight excluding hydrogens is 408 g/mol. The van der Waals surface area contributed by atoms with Crippen molar-refractivity contribution in [3.8, 4) is 10.6 Å². The molecule has 1 N–H and O–H groups in total. The van der Waals surface area contributed by atoms with Gasteiger partial charge < -0.3 is 4.90 Å². The van der Waals surface area contributed by atoms with E-state index in [0.717, 1.165) is 43.1 Å². The van der Waals surface area contributed by atoms with Gasteiger partial charge in [0.2, 0.25) is 0 Å². The van der Waals surface area contributed by atoms with Crippen LogP contribution < -0.4 is 0 Å². The van der Waals surface area contributed by atoms with E-state index in [0.29, 0.717) is 18.7 Å². The van der Waals surface area contributed by atoms with E-state index in [9.17, 15) is 4.79 Å². The van der Waals surface area contributed by atoms with Crippen LogP contribution >= 0.6 is 11.3 Å². The number of nitrogens with one attached hydrogen (secondary N) is 1. The van der Waals surface area contributed by atoms with Crippen molar-refractivity contribution in [1.29, 1.82) is 0 Å². The summed E-state index contributed by atoms with van der Waals surface area (Å²) in [5.74, 6) is 0.822. The molecule has 7 nitrogen and oxygen atoms in total. The van der Waals surface area contributed by atoms with Crippen LogP contribution in [0, 0.1) is 6.92 Å². The Kier molecular flexibility index (Phi) is 6.77. The normalized spacial score (nSPS) is 17.1. The molecule has 8 heteroatoms. The van der Waals surface area contributed by atoms with Crippen LogP contribution in [0.3, 0.4) is 0 Å². The van der Waals surface area contributed by atoms with Gasteiger partial charge in [-0.1, -0.05) is 12.5 Å². The number of piperidine rings is 1. The number of amides is 1. The first-order valence-electron chi connectivity index (χ1n) is 11.0. The molecule has 0 aliphatic carbocycles. The molecule has 3 aromatic rings. The highest BCUT2D eigenvalue weighted by Crippen LogP contribution is 2.33. The Balaban J connectivity index is 1.56. The van der Waals surface area contributed by atoms with Gasteiger partial charge in [0, 0.05) is 31.4 Å². The number of thiophene rings is 1. The average molecular weight is 439 g/mol. The van der Waals surface area contributed by atoms with Crippen molar-refractivity contribution in [1.82, 2.24) is 30.0 Å². The van der Waals surface area contributed by atoms with Gasteiger partial charge in [-0.3, -0.25) is 14.8 Å². The molecule has 0 radical (unpaired) electrons. The van der Waals surface area contributed by atoms with E-state index in [4.69, 9.17) is 4.98 Å². The van der Waals surface area contributed by atoms with E-state index in [1.165, 1.54) is 16.9 Å². The molecule has 164 valence electrons. The molecule has 4 heterocycles. The zero-order valence-corrected chi connectivity index (χ0v) is 19.3. The van der Waals surface area contributed by atoms with E-state index in [2.05, 4.69) is 37.6 Å². The highest BCUT2D eigenvalue weighted by molar-refractivity contribution is 7.13. The quantitative estimate of drug-likeness (QED) is 0.590. The Hall–Kier alpha value is -2.58. The minimum Gasteiger partial charge on any atom is -0.339 e. The second-order valence-electron chi connectivity index (χ2n) is 7.93. The molecule has 1 aliphatic rings. The van der Waals surface area contributed by atoms with Crippen LogP contribution in [0.15, 0.2) is 29.9 Å². The monoisotopic (exact) mass is 438 g/mol. The molecule has 0 saturated carbocycles. The molecule has 1 saturated heterocycles. The van der Waals surface area contributed by atoms with E-state index in [-0.39, 0.29) is 11.9 Å². The summed E-state index contributed by atoms with van der Waals surface area (Å²) >= 11 is 1.72. The fourth-order valence-electron chi connectivity index (χ4n) is 4.29.